The molecular formula is C17H14FN3O2. The van der Waals surface area contributed by atoms with Crippen molar-refractivity contribution in [3.05, 3.63) is 68.5 Å². The van der Waals surface area contributed by atoms with Gasteiger partial charge in [-0.3, -0.25) is 19.2 Å². The molecule has 0 spiro atoms. The van der Waals surface area contributed by atoms with Gasteiger partial charge in [0.25, 0.3) is 5.56 Å². The van der Waals surface area contributed by atoms with Crippen LogP contribution in [0, 0.1) is 12.7 Å². The van der Waals surface area contributed by atoms with E-state index in [9.17, 15) is 14.0 Å². The molecule has 4 rings (SSSR count). The SMILES string of the molecule is Cc1c(-c2ccncc2)c(F)cn2c(=O)[nH]c(=O)c(C3CC3)c12. The smallest absolute Gasteiger partial charge is 0.273 e. The maximum Gasteiger partial charge on any atom is 0.333 e. The van der Waals surface area contributed by atoms with E-state index in [1.54, 1.807) is 31.5 Å². The summed E-state index contributed by atoms with van der Waals surface area (Å²) >= 11 is 0. The summed E-state index contributed by atoms with van der Waals surface area (Å²) in [4.78, 5) is 30.6. The Morgan fingerprint density at radius 1 is 1.26 bits per heavy atom. The van der Waals surface area contributed by atoms with Gasteiger partial charge in [0.15, 0.2) is 0 Å². The van der Waals surface area contributed by atoms with Gasteiger partial charge in [-0.05, 0) is 48.9 Å². The Kier molecular flexibility index (Phi) is 2.94. The van der Waals surface area contributed by atoms with Crippen LogP contribution in [0.2, 0.25) is 0 Å². The van der Waals surface area contributed by atoms with Crippen molar-refractivity contribution in [2.75, 3.05) is 0 Å². The van der Waals surface area contributed by atoms with Gasteiger partial charge in [0.1, 0.15) is 5.82 Å². The molecule has 23 heavy (non-hydrogen) atoms. The molecule has 0 radical (unpaired) electrons. The molecule has 1 N–H and O–H groups in total. The predicted octanol–water partition coefficient (Wildman–Crippen LogP) is 2.37. The Morgan fingerprint density at radius 2 is 1.96 bits per heavy atom. The fourth-order valence-corrected chi connectivity index (χ4v) is 3.17. The number of rotatable bonds is 2. The predicted molar refractivity (Wildman–Crippen MR) is 84.2 cm³/mol. The fourth-order valence-electron chi connectivity index (χ4n) is 3.17. The summed E-state index contributed by atoms with van der Waals surface area (Å²) in [6, 6.07) is 3.42. The highest BCUT2D eigenvalue weighted by Gasteiger charge is 2.30. The van der Waals surface area contributed by atoms with Crippen molar-refractivity contribution >= 4 is 5.52 Å². The number of nitrogens with zero attached hydrogens (tertiary/aromatic N) is 2. The minimum Gasteiger partial charge on any atom is -0.273 e. The highest BCUT2D eigenvalue weighted by molar-refractivity contribution is 5.77. The molecule has 3 aromatic heterocycles. The van der Waals surface area contributed by atoms with Crippen molar-refractivity contribution in [2.24, 2.45) is 0 Å². The van der Waals surface area contributed by atoms with E-state index in [1.807, 2.05) is 0 Å². The van der Waals surface area contributed by atoms with Crippen LogP contribution in [0.1, 0.15) is 29.9 Å². The first kappa shape index (κ1) is 13.9. The largest absolute Gasteiger partial charge is 0.333 e. The molecule has 0 aliphatic heterocycles. The zero-order chi connectivity index (χ0) is 16.1. The van der Waals surface area contributed by atoms with Crippen LogP contribution in [-0.2, 0) is 0 Å². The monoisotopic (exact) mass is 311 g/mol. The number of fused-ring (bicyclic) bond motifs is 1. The van der Waals surface area contributed by atoms with E-state index in [0.29, 0.717) is 27.8 Å². The number of aromatic amines is 1. The molecule has 0 bridgehead atoms. The summed E-state index contributed by atoms with van der Waals surface area (Å²) in [5.41, 5.74) is 1.80. The number of halogens is 1. The number of hydrogen-bond acceptors (Lipinski definition) is 3. The lowest BCUT2D eigenvalue weighted by Crippen LogP contribution is -2.29. The summed E-state index contributed by atoms with van der Waals surface area (Å²) in [6.45, 7) is 1.75. The van der Waals surface area contributed by atoms with E-state index >= 15 is 0 Å². The van der Waals surface area contributed by atoms with Crippen molar-refractivity contribution in [2.45, 2.75) is 25.7 Å². The van der Waals surface area contributed by atoms with E-state index in [0.717, 1.165) is 19.0 Å². The molecule has 3 aromatic rings. The topological polar surface area (TPSA) is 67.2 Å². The molecule has 3 heterocycles. The number of aromatic nitrogens is 3. The molecule has 6 heteroatoms. The van der Waals surface area contributed by atoms with E-state index < -0.39 is 11.5 Å². The van der Waals surface area contributed by atoms with Gasteiger partial charge < -0.3 is 0 Å². The Hall–Kier alpha value is -2.76. The van der Waals surface area contributed by atoms with Gasteiger partial charge in [0, 0.05) is 23.5 Å². The van der Waals surface area contributed by atoms with Crippen molar-refractivity contribution in [3.8, 4) is 11.1 Å². The fraction of sp³-hybridized carbons (Fsp3) is 0.235. The lowest BCUT2D eigenvalue weighted by Gasteiger charge is -2.14. The highest BCUT2D eigenvalue weighted by Crippen LogP contribution is 2.41. The van der Waals surface area contributed by atoms with Gasteiger partial charge in [-0.25, -0.2) is 9.18 Å². The summed E-state index contributed by atoms with van der Waals surface area (Å²) in [7, 11) is 0. The Morgan fingerprint density at radius 3 is 2.61 bits per heavy atom. The second kappa shape index (κ2) is 4.87. The molecule has 0 saturated heterocycles. The zero-order valence-electron chi connectivity index (χ0n) is 12.5. The molecular weight excluding hydrogens is 297 g/mol. The van der Waals surface area contributed by atoms with Crippen LogP contribution in [-0.4, -0.2) is 14.4 Å². The molecule has 116 valence electrons. The van der Waals surface area contributed by atoms with Gasteiger partial charge in [-0.15, -0.1) is 0 Å². The molecule has 1 fully saturated rings. The van der Waals surface area contributed by atoms with Crippen LogP contribution in [0.5, 0.6) is 0 Å². The van der Waals surface area contributed by atoms with Crippen molar-refractivity contribution in [3.63, 3.8) is 0 Å². The quantitative estimate of drug-likeness (QED) is 0.790. The first-order valence-electron chi connectivity index (χ1n) is 7.46. The van der Waals surface area contributed by atoms with E-state index in [2.05, 4.69) is 9.97 Å². The molecule has 0 amide bonds. The normalized spacial score (nSPS) is 14.3. The second-order valence-corrected chi connectivity index (χ2v) is 5.88. The minimum absolute atomic E-state index is 0.142. The number of pyridine rings is 2. The average Bonchev–Trinajstić information content (AvgIpc) is 3.34. The molecule has 0 aromatic carbocycles. The van der Waals surface area contributed by atoms with Crippen LogP contribution >= 0.6 is 0 Å². The van der Waals surface area contributed by atoms with Crippen LogP contribution in [0.25, 0.3) is 16.6 Å². The van der Waals surface area contributed by atoms with Gasteiger partial charge in [-0.2, -0.15) is 0 Å². The second-order valence-electron chi connectivity index (χ2n) is 5.88. The first-order valence-corrected chi connectivity index (χ1v) is 7.46. The Balaban J connectivity index is 2.17. The average molecular weight is 311 g/mol. The van der Waals surface area contributed by atoms with Gasteiger partial charge >= 0.3 is 5.69 Å². The van der Waals surface area contributed by atoms with E-state index in [1.165, 1.54) is 4.40 Å². The number of nitrogens with one attached hydrogen (secondary N) is 1. The Labute approximate surface area is 130 Å². The summed E-state index contributed by atoms with van der Waals surface area (Å²) < 4.78 is 15.8. The number of aryl methyl sites for hydroxylation is 1. The van der Waals surface area contributed by atoms with Gasteiger partial charge in [0.05, 0.1) is 11.7 Å². The number of H-pyrrole nitrogens is 1. The lowest BCUT2D eigenvalue weighted by molar-refractivity contribution is 0.618. The Bertz CT molecular complexity index is 1030. The standard InChI is InChI=1S/C17H14FN3O2/c1-9-13(11-4-6-19-7-5-11)12(18)8-21-15(9)14(10-2-3-10)16(22)20-17(21)23/h4-8,10H,2-3H2,1H3,(H,20,22,23). The maximum absolute atomic E-state index is 14.6. The number of hydrogen-bond donors (Lipinski definition) is 1. The van der Waals surface area contributed by atoms with Crippen molar-refractivity contribution in [1.82, 2.24) is 14.4 Å². The third-order valence-corrected chi connectivity index (χ3v) is 4.35. The maximum atomic E-state index is 14.6. The van der Waals surface area contributed by atoms with E-state index in [-0.39, 0.29) is 11.5 Å². The summed E-state index contributed by atoms with van der Waals surface area (Å²) in [6.07, 6.45) is 6.16. The van der Waals surface area contributed by atoms with Crippen LogP contribution < -0.4 is 11.2 Å². The molecule has 0 atom stereocenters. The molecule has 1 aliphatic rings. The zero-order valence-corrected chi connectivity index (χ0v) is 12.5. The van der Waals surface area contributed by atoms with Crippen LogP contribution in [0.4, 0.5) is 4.39 Å². The van der Waals surface area contributed by atoms with Crippen molar-refractivity contribution < 1.29 is 4.39 Å². The molecule has 1 aliphatic carbocycles. The van der Waals surface area contributed by atoms with Crippen molar-refractivity contribution in [1.29, 1.82) is 0 Å². The van der Waals surface area contributed by atoms with Gasteiger partial charge in [0.2, 0.25) is 0 Å². The summed E-state index contributed by atoms with van der Waals surface area (Å²) in [5, 5.41) is 0. The molecule has 0 unspecified atom stereocenters. The first-order chi connectivity index (χ1) is 11.1. The summed E-state index contributed by atoms with van der Waals surface area (Å²) in [5.74, 6) is -0.360. The highest BCUT2D eigenvalue weighted by atomic mass is 19.1. The van der Waals surface area contributed by atoms with Gasteiger partial charge in [-0.1, -0.05) is 0 Å². The van der Waals surface area contributed by atoms with E-state index in [4.69, 9.17) is 0 Å². The lowest BCUT2D eigenvalue weighted by atomic mass is 9.98. The molecule has 5 nitrogen and oxygen atoms in total. The van der Waals surface area contributed by atoms with Crippen LogP contribution in [0.15, 0.2) is 40.3 Å². The minimum atomic E-state index is -0.613. The third-order valence-electron chi connectivity index (χ3n) is 4.35. The third kappa shape index (κ3) is 2.10. The van der Waals surface area contributed by atoms with Crippen LogP contribution in [0.3, 0.4) is 0 Å². The molecule has 1 saturated carbocycles.